The molecule has 2 rings (SSSR count). The summed E-state index contributed by atoms with van der Waals surface area (Å²) in [6.07, 6.45) is 0. The molecular weight excluding hydrogens is 278 g/mol. The van der Waals surface area contributed by atoms with Gasteiger partial charge in [0.25, 0.3) is 5.91 Å². The average Bonchev–Trinajstić information content (AvgIpc) is 2.52. The lowest BCUT2D eigenvalue weighted by molar-refractivity contribution is 0.0950. The van der Waals surface area contributed by atoms with Gasteiger partial charge in [0.05, 0.1) is 23.9 Å². The minimum atomic E-state index is -0.202. The lowest BCUT2D eigenvalue weighted by Crippen LogP contribution is -2.24. The lowest BCUT2D eigenvalue weighted by atomic mass is 10.1. The standard InChI is InChI=1S/C16H17N5O/c1-11-8-14(20-16(19-11)21(2)3)10-18-15(22)13-6-4-12(9-17)5-7-13/h4-8H,10H2,1-3H3,(H,18,22). The molecule has 6 nitrogen and oxygen atoms in total. The number of benzene rings is 1. The number of hydrogen-bond acceptors (Lipinski definition) is 5. The molecule has 0 radical (unpaired) electrons. The summed E-state index contributed by atoms with van der Waals surface area (Å²) in [6.45, 7) is 2.21. The van der Waals surface area contributed by atoms with E-state index in [9.17, 15) is 4.79 Å². The normalized spacial score (nSPS) is 9.91. The highest BCUT2D eigenvalue weighted by Crippen LogP contribution is 2.08. The van der Waals surface area contributed by atoms with Crippen LogP contribution in [0.1, 0.15) is 27.3 Å². The monoisotopic (exact) mass is 295 g/mol. The van der Waals surface area contributed by atoms with Crippen LogP contribution < -0.4 is 10.2 Å². The summed E-state index contributed by atoms with van der Waals surface area (Å²) in [5.74, 6) is 0.412. The second-order valence-electron chi connectivity index (χ2n) is 5.07. The molecule has 112 valence electrons. The van der Waals surface area contributed by atoms with Gasteiger partial charge in [0.1, 0.15) is 0 Å². The number of carbonyl (C=O) groups is 1. The Morgan fingerprint density at radius 1 is 1.27 bits per heavy atom. The molecule has 0 fully saturated rings. The van der Waals surface area contributed by atoms with Crippen molar-refractivity contribution in [2.45, 2.75) is 13.5 Å². The first-order valence-electron chi connectivity index (χ1n) is 6.80. The number of carbonyl (C=O) groups excluding carboxylic acids is 1. The molecule has 6 heteroatoms. The predicted octanol–water partition coefficient (Wildman–Crippen LogP) is 1.65. The number of amides is 1. The molecule has 0 aliphatic rings. The van der Waals surface area contributed by atoms with Crippen molar-refractivity contribution >= 4 is 11.9 Å². The molecule has 0 saturated carbocycles. The highest BCUT2D eigenvalue weighted by Gasteiger charge is 2.08. The van der Waals surface area contributed by atoms with Crippen molar-refractivity contribution in [1.82, 2.24) is 15.3 Å². The second kappa shape index (κ2) is 6.68. The molecule has 0 aliphatic heterocycles. The van der Waals surface area contributed by atoms with E-state index in [1.54, 1.807) is 24.3 Å². The Morgan fingerprint density at radius 3 is 2.55 bits per heavy atom. The van der Waals surface area contributed by atoms with Crippen LogP contribution in [0, 0.1) is 18.3 Å². The van der Waals surface area contributed by atoms with Gasteiger partial charge >= 0.3 is 0 Å². The van der Waals surface area contributed by atoms with Gasteiger partial charge in [-0.05, 0) is 37.3 Å². The summed E-state index contributed by atoms with van der Waals surface area (Å²) in [4.78, 5) is 22.6. The maximum Gasteiger partial charge on any atom is 0.251 e. The molecule has 0 spiro atoms. The third-order valence-electron chi connectivity index (χ3n) is 3.00. The van der Waals surface area contributed by atoms with E-state index in [0.717, 1.165) is 11.4 Å². The first-order chi connectivity index (χ1) is 10.5. The van der Waals surface area contributed by atoms with Gasteiger partial charge in [-0.2, -0.15) is 5.26 Å². The molecule has 2 aromatic rings. The molecule has 0 saturated heterocycles. The Labute approximate surface area is 129 Å². The zero-order valence-electron chi connectivity index (χ0n) is 12.8. The lowest BCUT2D eigenvalue weighted by Gasteiger charge is -2.12. The van der Waals surface area contributed by atoms with E-state index in [1.165, 1.54) is 0 Å². The molecule has 1 amide bonds. The molecule has 0 unspecified atom stereocenters. The van der Waals surface area contributed by atoms with Crippen molar-refractivity contribution in [2.24, 2.45) is 0 Å². The Hall–Kier alpha value is -2.94. The molecular formula is C16H17N5O. The quantitative estimate of drug-likeness (QED) is 0.927. The summed E-state index contributed by atoms with van der Waals surface area (Å²) in [7, 11) is 3.74. The Kier molecular flexibility index (Phi) is 4.69. The van der Waals surface area contributed by atoms with Gasteiger partial charge in [0.15, 0.2) is 0 Å². The highest BCUT2D eigenvalue weighted by molar-refractivity contribution is 5.94. The van der Waals surface area contributed by atoms with E-state index in [0.29, 0.717) is 23.6 Å². The Morgan fingerprint density at radius 2 is 1.95 bits per heavy atom. The Bertz CT molecular complexity index is 716. The van der Waals surface area contributed by atoms with E-state index in [2.05, 4.69) is 15.3 Å². The van der Waals surface area contributed by atoms with E-state index in [-0.39, 0.29) is 5.91 Å². The van der Waals surface area contributed by atoms with Crippen LogP contribution in [-0.2, 0) is 6.54 Å². The molecule has 0 atom stereocenters. The van der Waals surface area contributed by atoms with Crippen LogP contribution in [0.3, 0.4) is 0 Å². The van der Waals surface area contributed by atoms with E-state index >= 15 is 0 Å². The number of hydrogen-bond donors (Lipinski definition) is 1. The van der Waals surface area contributed by atoms with E-state index in [1.807, 2.05) is 38.1 Å². The number of anilines is 1. The number of nitrogens with zero attached hydrogens (tertiary/aromatic N) is 4. The fourth-order valence-electron chi connectivity index (χ4n) is 1.88. The Balaban J connectivity index is 2.06. The van der Waals surface area contributed by atoms with Gasteiger partial charge in [0, 0.05) is 25.4 Å². The molecule has 1 heterocycles. The van der Waals surface area contributed by atoms with Crippen molar-refractivity contribution in [3.8, 4) is 6.07 Å². The molecule has 1 aromatic carbocycles. The van der Waals surface area contributed by atoms with Gasteiger partial charge in [-0.1, -0.05) is 0 Å². The number of aryl methyl sites for hydroxylation is 1. The van der Waals surface area contributed by atoms with Crippen molar-refractivity contribution in [1.29, 1.82) is 5.26 Å². The number of aromatic nitrogens is 2. The first-order valence-corrected chi connectivity index (χ1v) is 6.80. The summed E-state index contributed by atoms with van der Waals surface area (Å²) >= 11 is 0. The molecule has 0 aliphatic carbocycles. The molecule has 22 heavy (non-hydrogen) atoms. The minimum absolute atomic E-state index is 0.202. The average molecular weight is 295 g/mol. The van der Waals surface area contributed by atoms with E-state index in [4.69, 9.17) is 5.26 Å². The fourth-order valence-corrected chi connectivity index (χ4v) is 1.88. The largest absolute Gasteiger partial charge is 0.347 e. The second-order valence-corrected chi connectivity index (χ2v) is 5.07. The molecule has 0 bridgehead atoms. The van der Waals surface area contributed by atoms with Gasteiger partial charge in [-0.25, -0.2) is 9.97 Å². The first kappa shape index (κ1) is 15.4. The van der Waals surface area contributed by atoms with Gasteiger partial charge in [-0.15, -0.1) is 0 Å². The van der Waals surface area contributed by atoms with Crippen LogP contribution in [0.15, 0.2) is 30.3 Å². The third kappa shape index (κ3) is 3.79. The van der Waals surface area contributed by atoms with Gasteiger partial charge < -0.3 is 10.2 Å². The summed E-state index contributed by atoms with van der Waals surface area (Å²) in [5, 5.41) is 11.6. The maximum absolute atomic E-state index is 12.1. The van der Waals surface area contributed by atoms with Crippen LogP contribution in [0.2, 0.25) is 0 Å². The predicted molar refractivity (Wildman–Crippen MR) is 83.4 cm³/mol. The number of rotatable bonds is 4. The SMILES string of the molecule is Cc1cc(CNC(=O)c2ccc(C#N)cc2)nc(N(C)C)n1. The van der Waals surface area contributed by atoms with Crippen molar-refractivity contribution in [3.05, 3.63) is 52.8 Å². The highest BCUT2D eigenvalue weighted by atomic mass is 16.1. The van der Waals surface area contributed by atoms with Crippen molar-refractivity contribution in [2.75, 3.05) is 19.0 Å². The molecule has 1 aromatic heterocycles. The van der Waals surface area contributed by atoms with Crippen LogP contribution >= 0.6 is 0 Å². The number of nitrogens with one attached hydrogen (secondary N) is 1. The van der Waals surface area contributed by atoms with E-state index < -0.39 is 0 Å². The number of nitriles is 1. The smallest absolute Gasteiger partial charge is 0.251 e. The summed E-state index contributed by atoms with van der Waals surface area (Å²) in [5.41, 5.74) is 2.63. The van der Waals surface area contributed by atoms with Gasteiger partial charge in [0.2, 0.25) is 5.95 Å². The molecule has 1 N–H and O–H groups in total. The third-order valence-corrected chi connectivity index (χ3v) is 3.00. The van der Waals surface area contributed by atoms with Crippen LogP contribution in [0.5, 0.6) is 0 Å². The summed E-state index contributed by atoms with van der Waals surface area (Å²) in [6, 6.07) is 10.4. The topological polar surface area (TPSA) is 81.9 Å². The van der Waals surface area contributed by atoms with Crippen molar-refractivity contribution < 1.29 is 4.79 Å². The fraction of sp³-hybridized carbons (Fsp3) is 0.250. The zero-order valence-corrected chi connectivity index (χ0v) is 12.8. The van der Waals surface area contributed by atoms with Gasteiger partial charge in [-0.3, -0.25) is 4.79 Å². The maximum atomic E-state index is 12.1. The summed E-state index contributed by atoms with van der Waals surface area (Å²) < 4.78 is 0. The van der Waals surface area contributed by atoms with Crippen LogP contribution in [0.4, 0.5) is 5.95 Å². The minimum Gasteiger partial charge on any atom is -0.347 e. The zero-order chi connectivity index (χ0) is 16.1. The van der Waals surface area contributed by atoms with Crippen LogP contribution in [-0.4, -0.2) is 30.0 Å². The van der Waals surface area contributed by atoms with Crippen molar-refractivity contribution in [3.63, 3.8) is 0 Å². The van der Waals surface area contributed by atoms with Crippen LogP contribution in [0.25, 0.3) is 0 Å².